The number of anilines is 1. The number of carbonyl (C=O) groups excluding carboxylic acids is 2. The van der Waals surface area contributed by atoms with Gasteiger partial charge in [0.15, 0.2) is 0 Å². The Hall–Kier alpha value is -3.95. The standard InChI is InChI=1S/C36H40BrN3O4S/c1-5-28(4)38-36(42)34(23-29-10-7-6-8-11-29)39(24-30-12-9-13-31(37)22-30)35(41)25-40(32-18-14-26(2)15-19-32)45(43,44)33-20-16-27(3)17-21-33/h6-22,28,34H,5,23-25H2,1-4H3,(H,38,42)/t28-,34-/m0/s1. The van der Waals surface area contributed by atoms with Crippen LogP contribution in [0.4, 0.5) is 5.69 Å². The molecule has 236 valence electrons. The lowest BCUT2D eigenvalue weighted by Gasteiger charge is -2.34. The second-order valence-electron chi connectivity index (χ2n) is 11.3. The molecule has 0 aliphatic carbocycles. The first-order valence-corrected chi connectivity index (χ1v) is 17.3. The molecule has 1 N–H and O–H groups in total. The first kappa shape index (κ1) is 33.9. The molecule has 0 unspecified atom stereocenters. The van der Waals surface area contributed by atoms with Crippen molar-refractivity contribution < 1.29 is 18.0 Å². The van der Waals surface area contributed by atoms with Gasteiger partial charge in [-0.25, -0.2) is 8.42 Å². The maximum atomic E-state index is 14.5. The number of nitrogens with zero attached hydrogens (tertiary/aromatic N) is 2. The van der Waals surface area contributed by atoms with Gasteiger partial charge < -0.3 is 10.2 Å². The summed E-state index contributed by atoms with van der Waals surface area (Å²) in [5.74, 6) is -0.786. The number of hydrogen-bond acceptors (Lipinski definition) is 4. The van der Waals surface area contributed by atoms with Crippen LogP contribution >= 0.6 is 15.9 Å². The minimum atomic E-state index is -4.14. The van der Waals surface area contributed by atoms with Crippen LogP contribution in [0.2, 0.25) is 0 Å². The Bertz CT molecular complexity index is 1690. The van der Waals surface area contributed by atoms with Crippen LogP contribution in [0.3, 0.4) is 0 Å². The third kappa shape index (κ3) is 9.05. The van der Waals surface area contributed by atoms with Crippen molar-refractivity contribution in [2.24, 2.45) is 0 Å². The molecule has 0 aliphatic rings. The van der Waals surface area contributed by atoms with Crippen LogP contribution < -0.4 is 9.62 Å². The van der Waals surface area contributed by atoms with Gasteiger partial charge in [0, 0.05) is 23.5 Å². The molecule has 0 radical (unpaired) electrons. The predicted molar refractivity (Wildman–Crippen MR) is 183 cm³/mol. The normalized spacial score (nSPS) is 12.6. The van der Waals surface area contributed by atoms with Crippen molar-refractivity contribution in [3.63, 3.8) is 0 Å². The van der Waals surface area contributed by atoms with Crippen LogP contribution in [-0.2, 0) is 32.6 Å². The van der Waals surface area contributed by atoms with Gasteiger partial charge >= 0.3 is 0 Å². The Labute approximate surface area is 275 Å². The third-order valence-corrected chi connectivity index (χ3v) is 10.0. The highest BCUT2D eigenvalue weighted by atomic mass is 79.9. The van der Waals surface area contributed by atoms with Crippen molar-refractivity contribution in [2.45, 2.75) is 64.1 Å². The second-order valence-corrected chi connectivity index (χ2v) is 14.1. The Morgan fingerprint density at radius 2 is 1.42 bits per heavy atom. The average Bonchev–Trinajstić information content (AvgIpc) is 3.02. The molecule has 2 amide bonds. The molecule has 0 saturated heterocycles. The molecule has 0 fully saturated rings. The summed E-state index contributed by atoms with van der Waals surface area (Å²) in [6.45, 7) is 7.32. The van der Waals surface area contributed by atoms with Crippen molar-refractivity contribution in [2.75, 3.05) is 10.8 Å². The number of carbonyl (C=O) groups is 2. The summed E-state index contributed by atoms with van der Waals surface area (Å²) < 4.78 is 30.2. The highest BCUT2D eigenvalue weighted by molar-refractivity contribution is 9.10. The summed E-state index contributed by atoms with van der Waals surface area (Å²) in [4.78, 5) is 30.0. The smallest absolute Gasteiger partial charge is 0.264 e. The zero-order chi connectivity index (χ0) is 32.6. The summed E-state index contributed by atoms with van der Waals surface area (Å²) >= 11 is 3.51. The van der Waals surface area contributed by atoms with Gasteiger partial charge in [-0.3, -0.25) is 13.9 Å². The Balaban J connectivity index is 1.80. The molecule has 4 aromatic rings. The van der Waals surface area contributed by atoms with E-state index in [1.54, 1.807) is 36.4 Å². The Morgan fingerprint density at radius 3 is 2.02 bits per heavy atom. The summed E-state index contributed by atoms with van der Waals surface area (Å²) in [6, 6.07) is 29.7. The lowest BCUT2D eigenvalue weighted by molar-refractivity contribution is -0.140. The van der Waals surface area contributed by atoms with E-state index in [-0.39, 0.29) is 29.8 Å². The van der Waals surface area contributed by atoms with Gasteiger partial charge in [-0.2, -0.15) is 0 Å². The minimum absolute atomic E-state index is 0.0790. The molecular formula is C36H40BrN3O4S. The summed E-state index contributed by atoms with van der Waals surface area (Å²) in [6.07, 6.45) is 0.984. The Morgan fingerprint density at radius 1 is 0.822 bits per heavy atom. The molecule has 0 heterocycles. The number of nitrogens with one attached hydrogen (secondary N) is 1. The first-order valence-electron chi connectivity index (χ1n) is 15.0. The summed E-state index contributed by atoms with van der Waals surface area (Å²) in [7, 11) is -4.14. The maximum Gasteiger partial charge on any atom is 0.264 e. The van der Waals surface area contributed by atoms with Crippen molar-refractivity contribution >= 4 is 43.5 Å². The van der Waals surface area contributed by atoms with Crippen LogP contribution in [0.25, 0.3) is 0 Å². The van der Waals surface area contributed by atoms with Crippen LogP contribution in [0.5, 0.6) is 0 Å². The van der Waals surface area contributed by atoms with Crippen LogP contribution in [-0.4, -0.2) is 43.8 Å². The fourth-order valence-electron chi connectivity index (χ4n) is 4.90. The van der Waals surface area contributed by atoms with Crippen molar-refractivity contribution in [3.05, 3.63) is 130 Å². The van der Waals surface area contributed by atoms with Gasteiger partial charge in [-0.15, -0.1) is 0 Å². The van der Waals surface area contributed by atoms with Gasteiger partial charge in [-0.05, 0) is 74.7 Å². The molecule has 4 aromatic carbocycles. The minimum Gasteiger partial charge on any atom is -0.352 e. The lowest BCUT2D eigenvalue weighted by atomic mass is 10.0. The van der Waals surface area contributed by atoms with Crippen LogP contribution in [0.1, 0.15) is 42.5 Å². The summed E-state index contributed by atoms with van der Waals surface area (Å²) in [5, 5.41) is 3.06. The quantitative estimate of drug-likeness (QED) is 0.167. The van der Waals surface area contributed by atoms with Gasteiger partial charge in [-0.1, -0.05) is 101 Å². The fraction of sp³-hybridized carbons (Fsp3) is 0.278. The van der Waals surface area contributed by atoms with Gasteiger partial charge in [0.25, 0.3) is 10.0 Å². The zero-order valence-electron chi connectivity index (χ0n) is 26.1. The number of amides is 2. The van der Waals surface area contributed by atoms with E-state index in [9.17, 15) is 18.0 Å². The van der Waals surface area contributed by atoms with E-state index in [2.05, 4.69) is 21.2 Å². The third-order valence-electron chi connectivity index (χ3n) is 7.72. The van der Waals surface area contributed by atoms with Gasteiger partial charge in [0.1, 0.15) is 12.6 Å². The molecular weight excluding hydrogens is 650 g/mol. The van der Waals surface area contributed by atoms with Crippen molar-refractivity contribution in [3.8, 4) is 0 Å². The van der Waals surface area contributed by atoms with E-state index < -0.39 is 28.5 Å². The molecule has 0 aliphatic heterocycles. The highest BCUT2D eigenvalue weighted by Crippen LogP contribution is 2.26. The largest absolute Gasteiger partial charge is 0.352 e. The first-order chi connectivity index (χ1) is 21.5. The molecule has 0 bridgehead atoms. The van der Waals surface area contributed by atoms with E-state index in [4.69, 9.17) is 0 Å². The number of rotatable bonds is 13. The van der Waals surface area contributed by atoms with Gasteiger partial charge in [0.2, 0.25) is 11.8 Å². The van der Waals surface area contributed by atoms with E-state index in [0.717, 1.165) is 37.5 Å². The molecule has 7 nitrogen and oxygen atoms in total. The molecule has 45 heavy (non-hydrogen) atoms. The van der Waals surface area contributed by atoms with Crippen LogP contribution in [0.15, 0.2) is 112 Å². The lowest BCUT2D eigenvalue weighted by Crippen LogP contribution is -2.54. The van der Waals surface area contributed by atoms with E-state index in [1.165, 1.54) is 4.90 Å². The highest BCUT2D eigenvalue weighted by Gasteiger charge is 2.35. The predicted octanol–water partition coefficient (Wildman–Crippen LogP) is 6.82. The topological polar surface area (TPSA) is 86.8 Å². The molecule has 9 heteroatoms. The van der Waals surface area contributed by atoms with E-state index in [0.29, 0.717) is 5.69 Å². The van der Waals surface area contributed by atoms with E-state index >= 15 is 0 Å². The zero-order valence-corrected chi connectivity index (χ0v) is 28.5. The molecule has 0 spiro atoms. The number of benzene rings is 4. The molecule has 0 aromatic heterocycles. The number of aryl methyl sites for hydroxylation is 2. The second kappa shape index (κ2) is 15.4. The number of halogens is 1. The van der Waals surface area contributed by atoms with E-state index in [1.807, 2.05) is 94.4 Å². The SMILES string of the molecule is CC[C@H](C)NC(=O)[C@H](Cc1ccccc1)N(Cc1cccc(Br)c1)C(=O)CN(c1ccc(C)cc1)S(=O)(=O)c1ccc(C)cc1. The summed E-state index contributed by atoms with van der Waals surface area (Å²) in [5.41, 5.74) is 3.93. The number of hydrogen-bond donors (Lipinski definition) is 1. The molecule has 0 saturated carbocycles. The average molecular weight is 691 g/mol. The Kier molecular flexibility index (Phi) is 11.6. The van der Waals surface area contributed by atoms with Crippen molar-refractivity contribution in [1.29, 1.82) is 0 Å². The van der Waals surface area contributed by atoms with Gasteiger partial charge in [0.05, 0.1) is 10.6 Å². The van der Waals surface area contributed by atoms with Crippen molar-refractivity contribution in [1.82, 2.24) is 10.2 Å². The maximum absolute atomic E-state index is 14.5. The molecule has 4 rings (SSSR count). The molecule has 2 atom stereocenters. The number of sulfonamides is 1. The fourth-order valence-corrected chi connectivity index (χ4v) is 6.77. The van der Waals surface area contributed by atoms with Crippen LogP contribution in [0, 0.1) is 13.8 Å². The monoisotopic (exact) mass is 689 g/mol.